The molecule has 1 fully saturated rings. The van der Waals surface area contributed by atoms with E-state index in [9.17, 15) is 9.18 Å². The second-order valence-corrected chi connectivity index (χ2v) is 4.83. The van der Waals surface area contributed by atoms with Crippen LogP contribution in [-0.4, -0.2) is 30.4 Å². The number of hydrogen-bond acceptors (Lipinski definition) is 2. The van der Waals surface area contributed by atoms with E-state index in [-0.39, 0.29) is 11.7 Å². The summed E-state index contributed by atoms with van der Waals surface area (Å²) in [4.78, 5) is 13.6. The van der Waals surface area contributed by atoms with E-state index in [1.54, 1.807) is 6.07 Å². The Labute approximate surface area is 111 Å². The fourth-order valence-corrected chi connectivity index (χ4v) is 2.28. The number of amides is 1. The molecule has 98 valence electrons. The third-order valence-corrected chi connectivity index (χ3v) is 3.42. The highest BCUT2D eigenvalue weighted by Gasteiger charge is 2.17. The SMILES string of the molecule is O=C(CNCc1ccc(F)cc1Cl)N1CCCC1. The zero-order chi connectivity index (χ0) is 13.0. The lowest BCUT2D eigenvalue weighted by Crippen LogP contribution is -2.36. The average molecular weight is 271 g/mol. The van der Waals surface area contributed by atoms with Gasteiger partial charge in [-0.3, -0.25) is 4.79 Å². The van der Waals surface area contributed by atoms with Gasteiger partial charge in [-0.05, 0) is 30.5 Å². The van der Waals surface area contributed by atoms with E-state index in [4.69, 9.17) is 11.6 Å². The van der Waals surface area contributed by atoms with Crippen LogP contribution in [0.4, 0.5) is 4.39 Å². The van der Waals surface area contributed by atoms with E-state index in [2.05, 4.69) is 5.32 Å². The van der Waals surface area contributed by atoms with E-state index in [0.717, 1.165) is 31.5 Å². The number of benzene rings is 1. The van der Waals surface area contributed by atoms with Crippen molar-refractivity contribution < 1.29 is 9.18 Å². The quantitative estimate of drug-likeness (QED) is 0.910. The molecule has 1 aliphatic heterocycles. The molecule has 1 heterocycles. The van der Waals surface area contributed by atoms with Gasteiger partial charge >= 0.3 is 0 Å². The molecule has 0 radical (unpaired) electrons. The summed E-state index contributed by atoms with van der Waals surface area (Å²) in [7, 11) is 0. The van der Waals surface area contributed by atoms with E-state index >= 15 is 0 Å². The van der Waals surface area contributed by atoms with Gasteiger partial charge in [0.25, 0.3) is 0 Å². The first-order valence-corrected chi connectivity index (χ1v) is 6.47. The van der Waals surface area contributed by atoms with Crippen molar-refractivity contribution in [3.05, 3.63) is 34.6 Å². The van der Waals surface area contributed by atoms with Crippen LogP contribution < -0.4 is 5.32 Å². The lowest BCUT2D eigenvalue weighted by molar-refractivity contribution is -0.129. The van der Waals surface area contributed by atoms with Crippen molar-refractivity contribution in [3.63, 3.8) is 0 Å². The maximum atomic E-state index is 12.8. The maximum absolute atomic E-state index is 12.8. The molecule has 18 heavy (non-hydrogen) atoms. The molecule has 0 saturated carbocycles. The van der Waals surface area contributed by atoms with Crippen LogP contribution in [0.5, 0.6) is 0 Å². The van der Waals surface area contributed by atoms with E-state index in [1.807, 2.05) is 4.90 Å². The normalized spacial score (nSPS) is 15.1. The van der Waals surface area contributed by atoms with E-state index < -0.39 is 0 Å². The molecular weight excluding hydrogens is 255 g/mol. The summed E-state index contributed by atoms with van der Waals surface area (Å²) in [5, 5.41) is 3.43. The third-order valence-electron chi connectivity index (χ3n) is 3.07. The van der Waals surface area contributed by atoms with Crippen molar-refractivity contribution in [3.8, 4) is 0 Å². The average Bonchev–Trinajstić information content (AvgIpc) is 2.85. The predicted molar refractivity (Wildman–Crippen MR) is 68.9 cm³/mol. The fourth-order valence-electron chi connectivity index (χ4n) is 2.05. The minimum atomic E-state index is -0.350. The van der Waals surface area contributed by atoms with Gasteiger partial charge in [0.1, 0.15) is 5.82 Å². The zero-order valence-corrected chi connectivity index (χ0v) is 10.8. The van der Waals surface area contributed by atoms with Crippen LogP contribution >= 0.6 is 11.6 Å². The molecule has 1 N–H and O–H groups in total. The molecule has 5 heteroatoms. The molecule has 0 spiro atoms. The van der Waals surface area contributed by atoms with Gasteiger partial charge in [-0.15, -0.1) is 0 Å². The van der Waals surface area contributed by atoms with Crippen molar-refractivity contribution in [1.29, 1.82) is 0 Å². The van der Waals surface area contributed by atoms with Crippen molar-refractivity contribution in [2.24, 2.45) is 0 Å². The van der Waals surface area contributed by atoms with Gasteiger partial charge < -0.3 is 10.2 Å². The molecule has 0 bridgehead atoms. The summed E-state index contributed by atoms with van der Waals surface area (Å²) >= 11 is 5.90. The Morgan fingerprint density at radius 2 is 2.11 bits per heavy atom. The lowest BCUT2D eigenvalue weighted by Gasteiger charge is -2.15. The topological polar surface area (TPSA) is 32.3 Å². The van der Waals surface area contributed by atoms with Crippen LogP contribution in [0.3, 0.4) is 0 Å². The highest BCUT2D eigenvalue weighted by molar-refractivity contribution is 6.31. The van der Waals surface area contributed by atoms with Crippen molar-refractivity contribution in [2.45, 2.75) is 19.4 Å². The Balaban J connectivity index is 1.79. The van der Waals surface area contributed by atoms with Gasteiger partial charge in [-0.1, -0.05) is 17.7 Å². The van der Waals surface area contributed by atoms with Crippen LogP contribution in [0.25, 0.3) is 0 Å². The Bertz CT molecular complexity index is 433. The second-order valence-electron chi connectivity index (χ2n) is 4.43. The largest absolute Gasteiger partial charge is 0.342 e. The van der Waals surface area contributed by atoms with Crippen LogP contribution in [0.2, 0.25) is 5.02 Å². The molecule has 1 aromatic carbocycles. The monoisotopic (exact) mass is 270 g/mol. The van der Waals surface area contributed by atoms with Gasteiger partial charge in [0.05, 0.1) is 6.54 Å². The molecule has 0 aliphatic carbocycles. The number of hydrogen-bond donors (Lipinski definition) is 1. The van der Waals surface area contributed by atoms with Gasteiger partial charge in [0.15, 0.2) is 0 Å². The van der Waals surface area contributed by atoms with Crippen LogP contribution in [-0.2, 0) is 11.3 Å². The number of carbonyl (C=O) groups excluding carboxylic acids is 1. The fraction of sp³-hybridized carbons (Fsp3) is 0.462. The highest BCUT2D eigenvalue weighted by atomic mass is 35.5. The third kappa shape index (κ3) is 3.43. The standard InChI is InChI=1S/C13H16ClFN2O/c14-12-7-11(15)4-3-10(12)8-16-9-13(18)17-5-1-2-6-17/h3-4,7,16H,1-2,5-6,8-9H2. The van der Waals surface area contributed by atoms with Crippen molar-refractivity contribution in [1.82, 2.24) is 10.2 Å². The summed E-state index contributed by atoms with van der Waals surface area (Å²) in [5.74, 6) is -0.234. The van der Waals surface area contributed by atoms with Crippen LogP contribution in [0.15, 0.2) is 18.2 Å². The molecule has 0 aromatic heterocycles. The Hall–Kier alpha value is -1.13. The zero-order valence-electron chi connectivity index (χ0n) is 10.1. The van der Waals surface area contributed by atoms with Crippen LogP contribution in [0.1, 0.15) is 18.4 Å². The summed E-state index contributed by atoms with van der Waals surface area (Å²) < 4.78 is 12.8. The Morgan fingerprint density at radius 3 is 2.78 bits per heavy atom. The molecule has 0 unspecified atom stereocenters. The van der Waals surface area contributed by atoms with E-state index in [1.165, 1.54) is 12.1 Å². The van der Waals surface area contributed by atoms with Gasteiger partial charge in [-0.2, -0.15) is 0 Å². The molecule has 2 rings (SSSR count). The van der Waals surface area contributed by atoms with E-state index in [0.29, 0.717) is 18.1 Å². The number of nitrogens with one attached hydrogen (secondary N) is 1. The minimum absolute atomic E-state index is 0.116. The molecule has 1 aliphatic rings. The van der Waals surface area contributed by atoms with Gasteiger partial charge in [-0.25, -0.2) is 4.39 Å². The number of nitrogens with zero attached hydrogens (tertiary/aromatic N) is 1. The Kier molecular flexibility index (Phi) is 4.55. The molecule has 1 aromatic rings. The molecule has 0 atom stereocenters. The number of rotatable bonds is 4. The number of halogens is 2. The summed E-state index contributed by atoms with van der Waals surface area (Å²) in [5.41, 5.74) is 0.798. The summed E-state index contributed by atoms with van der Waals surface area (Å²) in [6.45, 7) is 2.49. The smallest absolute Gasteiger partial charge is 0.236 e. The molecule has 1 saturated heterocycles. The first-order valence-electron chi connectivity index (χ1n) is 6.09. The maximum Gasteiger partial charge on any atom is 0.236 e. The second kappa shape index (κ2) is 6.16. The Morgan fingerprint density at radius 1 is 1.39 bits per heavy atom. The van der Waals surface area contributed by atoms with Crippen molar-refractivity contribution in [2.75, 3.05) is 19.6 Å². The molecule has 1 amide bonds. The van der Waals surface area contributed by atoms with Gasteiger partial charge in [0, 0.05) is 24.7 Å². The number of likely N-dealkylation sites (tertiary alicyclic amines) is 1. The summed E-state index contributed by atoms with van der Waals surface area (Å²) in [6.07, 6.45) is 2.19. The van der Waals surface area contributed by atoms with Crippen molar-refractivity contribution >= 4 is 17.5 Å². The molecule has 3 nitrogen and oxygen atoms in total. The first-order chi connectivity index (χ1) is 8.66. The predicted octanol–water partition coefficient (Wildman–Crippen LogP) is 2.19. The van der Waals surface area contributed by atoms with Crippen LogP contribution in [0, 0.1) is 5.82 Å². The first kappa shape index (κ1) is 13.3. The highest BCUT2D eigenvalue weighted by Crippen LogP contribution is 2.16. The lowest BCUT2D eigenvalue weighted by atomic mass is 10.2. The summed E-state index contributed by atoms with van der Waals surface area (Å²) in [6, 6.07) is 4.27. The number of carbonyl (C=O) groups is 1. The van der Waals surface area contributed by atoms with Gasteiger partial charge in [0.2, 0.25) is 5.91 Å². The minimum Gasteiger partial charge on any atom is -0.342 e. The molecular formula is C13H16ClFN2O.